The van der Waals surface area contributed by atoms with E-state index >= 15 is 0 Å². The van der Waals surface area contributed by atoms with Crippen molar-refractivity contribution < 1.29 is 4.79 Å². The molecule has 0 bridgehead atoms. The molecular weight excluding hydrogens is 340 g/mol. The molecular formula is C13H15BrN4O3. The van der Waals surface area contributed by atoms with Crippen molar-refractivity contribution in [1.82, 2.24) is 18.7 Å². The lowest BCUT2D eigenvalue weighted by molar-refractivity contribution is -0.119. The second-order valence-corrected chi connectivity index (χ2v) is 5.46. The van der Waals surface area contributed by atoms with Crippen LogP contribution in [0.2, 0.25) is 0 Å². The van der Waals surface area contributed by atoms with E-state index < -0.39 is 17.3 Å². The Morgan fingerprint density at radius 2 is 2.10 bits per heavy atom. The molecule has 8 heteroatoms. The number of imidazole rings is 1. The summed E-state index contributed by atoms with van der Waals surface area (Å²) < 4.78 is 4.18. The van der Waals surface area contributed by atoms with Crippen molar-refractivity contribution in [1.29, 1.82) is 0 Å². The van der Waals surface area contributed by atoms with Crippen molar-refractivity contribution in [3.8, 4) is 0 Å². The molecule has 21 heavy (non-hydrogen) atoms. The summed E-state index contributed by atoms with van der Waals surface area (Å²) in [6, 6.07) is -0.563. The largest absolute Gasteiger partial charge is 0.332 e. The van der Waals surface area contributed by atoms with Crippen molar-refractivity contribution in [2.24, 2.45) is 7.05 Å². The first kappa shape index (κ1) is 15.4. The highest BCUT2D eigenvalue weighted by Crippen LogP contribution is 2.22. The van der Waals surface area contributed by atoms with Gasteiger partial charge in [0.25, 0.3) is 5.56 Å². The predicted octanol–water partition coefficient (Wildman–Crippen LogP) is 0.995. The standard InChI is InChI=1S/C13H15BrN4O3/c1-5-6-17-11(20)9-10(16(4)13(17)21)15-12(14)18(9)7(2)8(3)19/h5,7H,1,6H2,2-4H3/t7-/m1/s1. The molecule has 2 rings (SSSR count). The van der Waals surface area contributed by atoms with Crippen LogP contribution in [0.15, 0.2) is 27.0 Å². The van der Waals surface area contributed by atoms with Gasteiger partial charge in [-0.05, 0) is 29.8 Å². The smallest absolute Gasteiger partial charge is 0.302 e. The lowest BCUT2D eigenvalue weighted by Crippen LogP contribution is -2.39. The number of aromatic nitrogens is 4. The Labute approximate surface area is 128 Å². The number of fused-ring (bicyclic) bond motifs is 1. The van der Waals surface area contributed by atoms with Crippen molar-refractivity contribution >= 4 is 32.9 Å². The zero-order valence-corrected chi connectivity index (χ0v) is 13.5. The summed E-state index contributed by atoms with van der Waals surface area (Å²) in [6.45, 7) is 6.76. The van der Waals surface area contributed by atoms with E-state index in [-0.39, 0.29) is 23.5 Å². The summed E-state index contributed by atoms with van der Waals surface area (Å²) in [5, 5.41) is 0. The molecule has 7 nitrogen and oxygen atoms in total. The molecule has 112 valence electrons. The van der Waals surface area contributed by atoms with Gasteiger partial charge in [0.15, 0.2) is 21.7 Å². The molecule has 0 spiro atoms. The average Bonchev–Trinajstić information content (AvgIpc) is 2.77. The van der Waals surface area contributed by atoms with E-state index in [2.05, 4.69) is 27.5 Å². The van der Waals surface area contributed by atoms with Crippen LogP contribution >= 0.6 is 15.9 Å². The molecule has 0 aromatic carbocycles. The number of aryl methyl sites for hydroxylation is 1. The number of Topliss-reactive ketones (excluding diaryl/α,β-unsaturated/α-hetero) is 1. The number of nitrogens with zero attached hydrogens (tertiary/aromatic N) is 4. The Kier molecular flexibility index (Phi) is 3.99. The Balaban J connectivity index is 3.00. The molecule has 1 atom stereocenters. The van der Waals surface area contributed by atoms with Crippen LogP contribution in [-0.4, -0.2) is 24.5 Å². The van der Waals surface area contributed by atoms with Crippen LogP contribution in [0.5, 0.6) is 0 Å². The second-order valence-electron chi connectivity index (χ2n) is 4.76. The molecule has 0 fully saturated rings. The maximum absolute atomic E-state index is 12.6. The quantitative estimate of drug-likeness (QED) is 0.605. The third-order valence-corrected chi connectivity index (χ3v) is 3.98. The fourth-order valence-electron chi connectivity index (χ4n) is 2.14. The highest BCUT2D eigenvalue weighted by molar-refractivity contribution is 9.10. The van der Waals surface area contributed by atoms with Gasteiger partial charge in [-0.1, -0.05) is 6.08 Å². The Hall–Kier alpha value is -1.96. The van der Waals surface area contributed by atoms with Crippen molar-refractivity contribution in [2.45, 2.75) is 26.4 Å². The molecule has 0 aliphatic rings. The summed E-state index contributed by atoms with van der Waals surface area (Å²) in [7, 11) is 1.53. The molecule has 0 saturated carbocycles. The van der Waals surface area contributed by atoms with Crippen LogP contribution in [-0.2, 0) is 18.4 Å². The molecule has 2 aromatic rings. The summed E-state index contributed by atoms with van der Waals surface area (Å²) in [4.78, 5) is 40.6. The highest BCUT2D eigenvalue weighted by atomic mass is 79.9. The van der Waals surface area contributed by atoms with Crippen molar-refractivity contribution in [2.75, 3.05) is 0 Å². The molecule has 0 unspecified atom stereocenters. The minimum Gasteiger partial charge on any atom is -0.302 e. The number of carbonyl (C=O) groups is 1. The minimum atomic E-state index is -0.563. The van der Waals surface area contributed by atoms with E-state index in [4.69, 9.17) is 0 Å². The summed E-state index contributed by atoms with van der Waals surface area (Å²) in [5.74, 6) is -0.112. The fourth-order valence-corrected chi connectivity index (χ4v) is 2.79. The molecule has 0 aliphatic carbocycles. The normalized spacial score (nSPS) is 12.6. The number of halogens is 1. The number of carbonyl (C=O) groups excluding carboxylic acids is 1. The molecule has 0 radical (unpaired) electrons. The second kappa shape index (κ2) is 5.44. The Bertz CT molecular complexity index is 859. The lowest BCUT2D eigenvalue weighted by atomic mass is 10.2. The molecule has 0 amide bonds. The van der Waals surface area contributed by atoms with Crippen LogP contribution in [0.1, 0.15) is 19.9 Å². The molecule has 0 aliphatic heterocycles. The fraction of sp³-hybridized carbons (Fsp3) is 0.385. The van der Waals surface area contributed by atoms with Gasteiger partial charge in [0.05, 0.1) is 6.04 Å². The highest BCUT2D eigenvalue weighted by Gasteiger charge is 2.23. The topological polar surface area (TPSA) is 78.9 Å². The lowest BCUT2D eigenvalue weighted by Gasteiger charge is -2.13. The van der Waals surface area contributed by atoms with Gasteiger partial charge in [0.1, 0.15) is 0 Å². The number of hydrogen-bond acceptors (Lipinski definition) is 4. The van der Waals surface area contributed by atoms with Crippen LogP contribution in [0.4, 0.5) is 0 Å². The van der Waals surface area contributed by atoms with E-state index in [1.165, 1.54) is 29.2 Å². The molecule has 2 aromatic heterocycles. The van der Waals surface area contributed by atoms with E-state index in [0.717, 1.165) is 4.57 Å². The molecule has 2 heterocycles. The number of ketones is 1. The van der Waals surface area contributed by atoms with E-state index in [1.807, 2.05) is 0 Å². The molecule has 0 saturated heterocycles. The molecule has 0 N–H and O–H groups in total. The summed E-state index contributed by atoms with van der Waals surface area (Å²) in [6.07, 6.45) is 1.47. The van der Waals surface area contributed by atoms with Crippen LogP contribution < -0.4 is 11.2 Å². The van der Waals surface area contributed by atoms with Crippen molar-refractivity contribution in [3.63, 3.8) is 0 Å². The van der Waals surface area contributed by atoms with Gasteiger partial charge >= 0.3 is 5.69 Å². The van der Waals surface area contributed by atoms with Gasteiger partial charge in [-0.15, -0.1) is 6.58 Å². The van der Waals surface area contributed by atoms with Gasteiger partial charge in [0, 0.05) is 13.6 Å². The first-order valence-electron chi connectivity index (χ1n) is 6.29. The van der Waals surface area contributed by atoms with Crippen LogP contribution in [0, 0.1) is 0 Å². The SMILES string of the molecule is C=CCn1c(=O)c2c(nc(Br)n2[C@H](C)C(C)=O)n(C)c1=O. The average molecular weight is 355 g/mol. The van der Waals surface area contributed by atoms with Crippen molar-refractivity contribution in [3.05, 3.63) is 38.2 Å². The Morgan fingerprint density at radius 3 is 2.62 bits per heavy atom. The number of rotatable bonds is 4. The third kappa shape index (κ3) is 2.29. The van der Waals surface area contributed by atoms with E-state index in [0.29, 0.717) is 4.73 Å². The zero-order chi connectivity index (χ0) is 15.9. The predicted molar refractivity (Wildman–Crippen MR) is 82.5 cm³/mol. The monoisotopic (exact) mass is 354 g/mol. The maximum Gasteiger partial charge on any atom is 0.332 e. The first-order chi connectivity index (χ1) is 9.81. The minimum absolute atomic E-state index is 0.0959. The maximum atomic E-state index is 12.6. The summed E-state index contributed by atoms with van der Waals surface area (Å²) in [5.41, 5.74) is -0.502. The van der Waals surface area contributed by atoms with Gasteiger partial charge in [-0.2, -0.15) is 0 Å². The van der Waals surface area contributed by atoms with Crippen LogP contribution in [0.25, 0.3) is 11.2 Å². The summed E-state index contributed by atoms with van der Waals surface area (Å²) >= 11 is 3.25. The Morgan fingerprint density at radius 1 is 1.48 bits per heavy atom. The van der Waals surface area contributed by atoms with E-state index in [1.54, 1.807) is 6.92 Å². The number of allylic oxidation sites excluding steroid dienone is 1. The van der Waals surface area contributed by atoms with Crippen LogP contribution in [0.3, 0.4) is 0 Å². The number of hydrogen-bond donors (Lipinski definition) is 0. The van der Waals surface area contributed by atoms with Gasteiger partial charge in [0.2, 0.25) is 0 Å². The zero-order valence-electron chi connectivity index (χ0n) is 12.0. The third-order valence-electron chi connectivity index (χ3n) is 3.42. The van der Waals surface area contributed by atoms with Gasteiger partial charge in [-0.25, -0.2) is 9.78 Å². The first-order valence-corrected chi connectivity index (χ1v) is 7.09. The van der Waals surface area contributed by atoms with Gasteiger partial charge in [-0.3, -0.25) is 18.7 Å². The van der Waals surface area contributed by atoms with E-state index in [9.17, 15) is 14.4 Å². The van der Waals surface area contributed by atoms with Gasteiger partial charge < -0.3 is 4.57 Å².